The van der Waals surface area contributed by atoms with Crippen molar-refractivity contribution in [1.29, 1.82) is 0 Å². The fourth-order valence-electron chi connectivity index (χ4n) is 1.77. The predicted molar refractivity (Wildman–Crippen MR) is 71.5 cm³/mol. The summed E-state index contributed by atoms with van der Waals surface area (Å²) in [5, 5.41) is 2.85. The number of unbranched alkanes of at least 4 members (excludes halogenated alkanes) is 3. The molecule has 4 atom stereocenters. The molecule has 19 heavy (non-hydrogen) atoms. The average Bonchev–Trinajstić information content (AvgIpc) is 2.38. The molecule has 0 aromatic carbocycles. The standard InChI is InChI=1S/C14H27F4N/c1-3-4-5-6-9-19-10-14(18)13(17)8-7-12(16)11(2)15/h11-14,19H,3-10H2,1-2H3. The van der Waals surface area contributed by atoms with Gasteiger partial charge in [0.05, 0.1) is 0 Å². The first-order valence-electron chi connectivity index (χ1n) is 7.26. The lowest BCUT2D eigenvalue weighted by atomic mass is 10.1. The van der Waals surface area contributed by atoms with Crippen LogP contribution in [-0.2, 0) is 0 Å². The number of nitrogens with one attached hydrogen (secondary N) is 1. The second kappa shape index (κ2) is 11.5. The van der Waals surface area contributed by atoms with Crippen LogP contribution in [0.15, 0.2) is 0 Å². The molecule has 0 aromatic heterocycles. The van der Waals surface area contributed by atoms with E-state index < -0.39 is 24.7 Å². The Balaban J connectivity index is 3.56. The van der Waals surface area contributed by atoms with Gasteiger partial charge in [-0.3, -0.25) is 0 Å². The van der Waals surface area contributed by atoms with Crippen LogP contribution in [0.4, 0.5) is 17.6 Å². The highest BCUT2D eigenvalue weighted by Gasteiger charge is 2.23. The fourth-order valence-corrected chi connectivity index (χ4v) is 1.77. The van der Waals surface area contributed by atoms with Crippen molar-refractivity contribution in [2.24, 2.45) is 0 Å². The van der Waals surface area contributed by atoms with Gasteiger partial charge in [-0.15, -0.1) is 0 Å². The molecule has 0 heterocycles. The van der Waals surface area contributed by atoms with Crippen molar-refractivity contribution in [3.8, 4) is 0 Å². The summed E-state index contributed by atoms with van der Waals surface area (Å²) in [6.07, 6.45) is -2.92. The van der Waals surface area contributed by atoms with Crippen molar-refractivity contribution in [3.05, 3.63) is 0 Å². The molecule has 0 aromatic rings. The summed E-state index contributed by atoms with van der Waals surface area (Å²) in [7, 11) is 0. The summed E-state index contributed by atoms with van der Waals surface area (Å²) in [5.41, 5.74) is 0. The molecule has 0 radical (unpaired) electrons. The number of hydrogen-bond acceptors (Lipinski definition) is 1. The Morgan fingerprint density at radius 2 is 1.47 bits per heavy atom. The van der Waals surface area contributed by atoms with Crippen LogP contribution in [0.5, 0.6) is 0 Å². The minimum Gasteiger partial charge on any atom is -0.314 e. The van der Waals surface area contributed by atoms with E-state index in [1.54, 1.807) is 0 Å². The second-order valence-electron chi connectivity index (χ2n) is 5.07. The maximum atomic E-state index is 13.4. The molecule has 5 heteroatoms. The van der Waals surface area contributed by atoms with E-state index in [0.717, 1.165) is 32.6 Å². The van der Waals surface area contributed by atoms with Gasteiger partial charge in [0.2, 0.25) is 0 Å². The van der Waals surface area contributed by atoms with Gasteiger partial charge in [-0.1, -0.05) is 26.2 Å². The monoisotopic (exact) mass is 285 g/mol. The molecule has 0 amide bonds. The summed E-state index contributed by atoms with van der Waals surface area (Å²) in [6.45, 7) is 3.80. The molecule has 1 N–H and O–H groups in total. The van der Waals surface area contributed by atoms with Gasteiger partial charge < -0.3 is 5.32 Å². The van der Waals surface area contributed by atoms with Crippen molar-refractivity contribution >= 4 is 0 Å². The maximum absolute atomic E-state index is 13.4. The smallest absolute Gasteiger partial charge is 0.143 e. The first-order valence-corrected chi connectivity index (χ1v) is 7.26. The lowest BCUT2D eigenvalue weighted by Gasteiger charge is -2.16. The van der Waals surface area contributed by atoms with Gasteiger partial charge in [0.25, 0.3) is 0 Å². The summed E-state index contributed by atoms with van der Waals surface area (Å²) >= 11 is 0. The number of hydrogen-bond donors (Lipinski definition) is 1. The molecule has 116 valence electrons. The number of halogens is 4. The maximum Gasteiger partial charge on any atom is 0.143 e. The molecule has 0 rings (SSSR count). The SMILES string of the molecule is CCCCCCNCC(F)C(F)CCC(F)C(C)F. The van der Waals surface area contributed by atoms with Gasteiger partial charge >= 0.3 is 0 Å². The van der Waals surface area contributed by atoms with E-state index in [1.165, 1.54) is 0 Å². The normalized spacial score (nSPS) is 18.0. The fraction of sp³-hybridized carbons (Fsp3) is 1.00. The highest BCUT2D eigenvalue weighted by molar-refractivity contribution is 4.74. The summed E-state index contributed by atoms with van der Waals surface area (Å²) in [5.74, 6) is 0. The molecule has 0 spiro atoms. The van der Waals surface area contributed by atoms with E-state index in [9.17, 15) is 17.6 Å². The third kappa shape index (κ3) is 10.2. The van der Waals surface area contributed by atoms with Crippen LogP contribution in [0.2, 0.25) is 0 Å². The molecule has 4 unspecified atom stereocenters. The lowest BCUT2D eigenvalue weighted by molar-refractivity contribution is 0.120. The van der Waals surface area contributed by atoms with E-state index in [0.29, 0.717) is 6.54 Å². The Kier molecular flexibility index (Phi) is 11.3. The van der Waals surface area contributed by atoms with E-state index >= 15 is 0 Å². The molecule has 0 saturated carbocycles. The van der Waals surface area contributed by atoms with Crippen molar-refractivity contribution in [2.45, 2.75) is 77.1 Å². The zero-order valence-electron chi connectivity index (χ0n) is 12.0. The Hall–Kier alpha value is -0.320. The van der Waals surface area contributed by atoms with Gasteiger partial charge in [0.15, 0.2) is 0 Å². The minimum atomic E-state index is -1.72. The van der Waals surface area contributed by atoms with E-state index in [4.69, 9.17) is 0 Å². The van der Waals surface area contributed by atoms with Crippen LogP contribution in [0, 0.1) is 0 Å². The molecular formula is C14H27F4N. The average molecular weight is 285 g/mol. The first-order chi connectivity index (χ1) is 8.99. The first kappa shape index (κ1) is 18.7. The van der Waals surface area contributed by atoms with Gasteiger partial charge in [0, 0.05) is 6.54 Å². The van der Waals surface area contributed by atoms with E-state index in [1.807, 2.05) is 0 Å². The van der Waals surface area contributed by atoms with Crippen molar-refractivity contribution < 1.29 is 17.6 Å². The third-order valence-corrected chi connectivity index (χ3v) is 3.16. The van der Waals surface area contributed by atoms with Crippen LogP contribution in [-0.4, -0.2) is 37.8 Å². The molecule has 0 aliphatic heterocycles. The molecule has 1 nitrogen and oxygen atoms in total. The topological polar surface area (TPSA) is 12.0 Å². The molecule has 0 aliphatic carbocycles. The second-order valence-corrected chi connectivity index (χ2v) is 5.07. The lowest BCUT2D eigenvalue weighted by Crippen LogP contribution is -2.32. The Labute approximate surface area is 114 Å². The highest BCUT2D eigenvalue weighted by atomic mass is 19.2. The van der Waals surface area contributed by atoms with Gasteiger partial charge in [-0.05, 0) is 32.7 Å². The molecule has 0 aliphatic rings. The van der Waals surface area contributed by atoms with Crippen molar-refractivity contribution in [2.75, 3.05) is 13.1 Å². The summed E-state index contributed by atoms with van der Waals surface area (Å²) < 4.78 is 52.1. The van der Waals surface area contributed by atoms with Crippen LogP contribution < -0.4 is 5.32 Å². The number of alkyl halides is 4. The van der Waals surface area contributed by atoms with Gasteiger partial charge in [-0.2, -0.15) is 0 Å². The zero-order valence-corrected chi connectivity index (χ0v) is 12.0. The van der Waals surface area contributed by atoms with Crippen LogP contribution in [0.25, 0.3) is 0 Å². The predicted octanol–water partition coefficient (Wildman–Crippen LogP) is 4.31. The Morgan fingerprint density at radius 3 is 2.05 bits per heavy atom. The summed E-state index contributed by atoms with van der Waals surface area (Å²) in [4.78, 5) is 0. The summed E-state index contributed by atoms with van der Waals surface area (Å²) in [6, 6.07) is 0. The zero-order chi connectivity index (χ0) is 14.7. The highest BCUT2D eigenvalue weighted by Crippen LogP contribution is 2.16. The van der Waals surface area contributed by atoms with Gasteiger partial charge in [-0.25, -0.2) is 17.6 Å². The molecule has 0 saturated heterocycles. The van der Waals surface area contributed by atoms with Crippen molar-refractivity contribution in [3.63, 3.8) is 0 Å². The van der Waals surface area contributed by atoms with Crippen LogP contribution in [0.3, 0.4) is 0 Å². The molecule has 0 fully saturated rings. The Bertz CT molecular complexity index is 202. The van der Waals surface area contributed by atoms with Crippen LogP contribution in [0.1, 0.15) is 52.4 Å². The Morgan fingerprint density at radius 1 is 0.842 bits per heavy atom. The van der Waals surface area contributed by atoms with Gasteiger partial charge in [0.1, 0.15) is 24.7 Å². The van der Waals surface area contributed by atoms with Crippen LogP contribution >= 0.6 is 0 Å². The van der Waals surface area contributed by atoms with Crippen molar-refractivity contribution in [1.82, 2.24) is 5.32 Å². The van der Waals surface area contributed by atoms with E-state index in [-0.39, 0.29) is 19.4 Å². The molecular weight excluding hydrogens is 258 g/mol. The largest absolute Gasteiger partial charge is 0.314 e. The quantitative estimate of drug-likeness (QED) is 0.416. The molecule has 0 bridgehead atoms. The third-order valence-electron chi connectivity index (χ3n) is 3.16. The number of rotatable bonds is 12. The minimum absolute atomic E-state index is 0.0601. The van der Waals surface area contributed by atoms with E-state index in [2.05, 4.69) is 12.2 Å².